The van der Waals surface area contributed by atoms with Gasteiger partial charge in [-0.2, -0.15) is 8.42 Å². The van der Waals surface area contributed by atoms with E-state index in [0.29, 0.717) is 12.3 Å². The molecule has 4 heteroatoms. The van der Waals surface area contributed by atoms with Crippen LogP contribution in [0.2, 0.25) is 0 Å². The van der Waals surface area contributed by atoms with Gasteiger partial charge in [0.25, 0.3) is 10.1 Å². The van der Waals surface area contributed by atoms with Gasteiger partial charge in [0, 0.05) is 0 Å². The zero-order chi connectivity index (χ0) is 16.1. The van der Waals surface area contributed by atoms with Crippen LogP contribution >= 0.6 is 0 Å². The molecule has 0 unspecified atom stereocenters. The molecule has 0 radical (unpaired) electrons. The summed E-state index contributed by atoms with van der Waals surface area (Å²) < 4.78 is 33.5. The molecule has 0 bridgehead atoms. The van der Waals surface area contributed by atoms with Crippen LogP contribution in [0.1, 0.15) is 61.3 Å². The predicted molar refractivity (Wildman–Crippen MR) is 86.1 cm³/mol. The third-order valence-corrected chi connectivity index (χ3v) is 4.33. The summed E-state index contributed by atoms with van der Waals surface area (Å²) in [5, 5.41) is 0. The molecule has 0 saturated carbocycles. The molecule has 3 nitrogen and oxygen atoms in total. The first-order chi connectivity index (χ1) is 9.02. The maximum atomic E-state index is 11.9. The van der Waals surface area contributed by atoms with Crippen molar-refractivity contribution in [2.24, 2.45) is 17.8 Å². The minimum Gasteiger partial charge on any atom is -0.282 e. The van der Waals surface area contributed by atoms with Gasteiger partial charge in [0.15, 0.2) is 0 Å². The summed E-state index contributed by atoms with van der Waals surface area (Å²) >= 11 is 0. The quantitative estimate of drug-likeness (QED) is 0.541. The molecule has 0 fully saturated rings. The molecule has 0 atom stereocenters. The first-order valence-corrected chi connectivity index (χ1v) is 8.87. The molecule has 0 aliphatic rings. The van der Waals surface area contributed by atoms with Crippen molar-refractivity contribution in [3.05, 3.63) is 22.1 Å². The van der Waals surface area contributed by atoms with Crippen LogP contribution in [0.4, 0.5) is 0 Å². The molecule has 0 aliphatic carbocycles. The lowest BCUT2D eigenvalue weighted by Gasteiger charge is -2.20. The van der Waals surface area contributed by atoms with Crippen molar-refractivity contribution < 1.29 is 13.0 Å². The fourth-order valence-electron chi connectivity index (χ4n) is 2.28. The lowest BCUT2D eigenvalue weighted by Crippen LogP contribution is -2.14. The molecule has 0 aromatic rings. The molecule has 1 N–H and O–H groups in total. The van der Waals surface area contributed by atoms with Gasteiger partial charge in [-0.1, -0.05) is 54.5 Å². The zero-order valence-corrected chi connectivity index (χ0v) is 14.7. The van der Waals surface area contributed by atoms with E-state index in [1.54, 1.807) is 0 Å². The second-order valence-corrected chi connectivity index (χ2v) is 7.64. The van der Waals surface area contributed by atoms with Gasteiger partial charge in [-0.05, 0) is 41.7 Å². The van der Waals surface area contributed by atoms with Gasteiger partial charge in [-0.3, -0.25) is 4.55 Å². The highest BCUT2D eigenvalue weighted by atomic mass is 32.2. The van der Waals surface area contributed by atoms with Crippen molar-refractivity contribution in [2.75, 3.05) is 0 Å². The number of hydrogen-bond acceptors (Lipinski definition) is 2. The lowest BCUT2D eigenvalue weighted by molar-refractivity contribution is 0.488. The normalized spacial score (nSPS) is 15.2. The molecule has 0 spiro atoms. The van der Waals surface area contributed by atoms with Crippen LogP contribution in [0.15, 0.2) is 22.1 Å². The number of allylic oxidation sites excluding steroid dienone is 3. The number of rotatable bonds is 7. The van der Waals surface area contributed by atoms with Crippen molar-refractivity contribution in [3.63, 3.8) is 0 Å². The van der Waals surface area contributed by atoms with E-state index in [1.807, 2.05) is 40.7 Å². The largest absolute Gasteiger partial charge is 0.294 e. The summed E-state index contributed by atoms with van der Waals surface area (Å²) in [5.41, 5.74) is 1.54. The number of hydrogen-bond donors (Lipinski definition) is 1. The molecular weight excluding hydrogens is 272 g/mol. The highest BCUT2D eigenvalue weighted by molar-refractivity contribution is 7.90. The van der Waals surface area contributed by atoms with Crippen molar-refractivity contribution in [3.8, 4) is 0 Å². The molecule has 0 rings (SSSR count). The first kappa shape index (κ1) is 19.4. The monoisotopic (exact) mass is 302 g/mol. The Morgan fingerprint density at radius 3 is 1.80 bits per heavy atom. The average Bonchev–Trinajstić information content (AvgIpc) is 2.25. The van der Waals surface area contributed by atoms with E-state index in [2.05, 4.69) is 13.8 Å². The van der Waals surface area contributed by atoms with Crippen LogP contribution in [0.5, 0.6) is 0 Å². The predicted octanol–water partition coefficient (Wildman–Crippen LogP) is 4.82. The Kier molecular flexibility index (Phi) is 7.74. The Morgan fingerprint density at radius 2 is 1.55 bits per heavy atom. The van der Waals surface area contributed by atoms with Crippen LogP contribution in [-0.2, 0) is 10.1 Å². The summed E-state index contributed by atoms with van der Waals surface area (Å²) in [4.78, 5) is 0.144. The SMILES string of the molecule is CC/C(=C(\C(=C/CC(C)C)C(C)C)S(=O)(=O)O)C(C)C. The Balaban J connectivity index is 6.16. The van der Waals surface area contributed by atoms with Crippen molar-refractivity contribution in [2.45, 2.75) is 61.3 Å². The Morgan fingerprint density at radius 1 is 1.05 bits per heavy atom. The van der Waals surface area contributed by atoms with E-state index in [-0.39, 0.29) is 16.7 Å². The third kappa shape index (κ3) is 5.80. The molecule has 0 saturated heterocycles. The van der Waals surface area contributed by atoms with Gasteiger partial charge in [-0.25, -0.2) is 0 Å². The lowest BCUT2D eigenvalue weighted by atomic mass is 9.92. The summed E-state index contributed by atoms with van der Waals surface area (Å²) in [6.45, 7) is 14.0. The second kappa shape index (κ2) is 7.99. The van der Waals surface area contributed by atoms with Gasteiger partial charge in [0.2, 0.25) is 0 Å². The fraction of sp³-hybridized carbons (Fsp3) is 0.750. The van der Waals surface area contributed by atoms with Gasteiger partial charge in [-0.15, -0.1) is 0 Å². The van der Waals surface area contributed by atoms with Crippen molar-refractivity contribution in [1.29, 1.82) is 0 Å². The Hall–Kier alpha value is -0.610. The van der Waals surface area contributed by atoms with Crippen LogP contribution in [-0.4, -0.2) is 13.0 Å². The summed E-state index contributed by atoms with van der Waals surface area (Å²) in [6.07, 6.45) is 3.40. The third-order valence-electron chi connectivity index (χ3n) is 3.32. The van der Waals surface area contributed by atoms with E-state index in [0.717, 1.165) is 17.6 Å². The van der Waals surface area contributed by atoms with Crippen LogP contribution in [0.25, 0.3) is 0 Å². The first-order valence-electron chi connectivity index (χ1n) is 7.43. The highest BCUT2D eigenvalue weighted by Crippen LogP contribution is 2.32. The van der Waals surface area contributed by atoms with E-state index in [4.69, 9.17) is 0 Å². The van der Waals surface area contributed by atoms with Crippen LogP contribution < -0.4 is 0 Å². The molecule has 0 aromatic heterocycles. The van der Waals surface area contributed by atoms with Crippen molar-refractivity contribution in [1.82, 2.24) is 0 Å². The molecule has 118 valence electrons. The Bertz CT molecular complexity index is 466. The summed E-state index contributed by atoms with van der Waals surface area (Å²) in [7, 11) is -4.20. The molecular formula is C16H30O3S. The van der Waals surface area contributed by atoms with Gasteiger partial charge in [0.1, 0.15) is 0 Å². The fourth-order valence-corrected chi connectivity index (χ4v) is 3.61. The molecule has 0 amide bonds. The van der Waals surface area contributed by atoms with Gasteiger partial charge < -0.3 is 0 Å². The second-order valence-electron chi connectivity index (χ2n) is 6.28. The van der Waals surface area contributed by atoms with Crippen LogP contribution in [0, 0.1) is 17.8 Å². The standard InChI is InChI=1S/C16H30O3S/c1-8-14(12(4)5)16(20(17,18)19)15(13(6)7)10-9-11(2)3/h10-13H,8-9H2,1-7H3,(H,17,18,19)/b15-10-,16-14-. The Labute approximate surface area is 124 Å². The van der Waals surface area contributed by atoms with Crippen molar-refractivity contribution >= 4 is 10.1 Å². The molecule has 0 aliphatic heterocycles. The van der Waals surface area contributed by atoms with Gasteiger partial charge >= 0.3 is 0 Å². The smallest absolute Gasteiger partial charge is 0.282 e. The van der Waals surface area contributed by atoms with E-state index in [9.17, 15) is 13.0 Å². The highest BCUT2D eigenvalue weighted by Gasteiger charge is 2.26. The van der Waals surface area contributed by atoms with Crippen LogP contribution in [0.3, 0.4) is 0 Å². The minimum atomic E-state index is -4.20. The van der Waals surface area contributed by atoms with E-state index < -0.39 is 10.1 Å². The van der Waals surface area contributed by atoms with E-state index in [1.165, 1.54) is 0 Å². The van der Waals surface area contributed by atoms with E-state index >= 15 is 0 Å². The molecule has 0 aromatic carbocycles. The maximum Gasteiger partial charge on any atom is 0.294 e. The summed E-state index contributed by atoms with van der Waals surface area (Å²) in [6, 6.07) is 0. The minimum absolute atomic E-state index is 0.0611. The van der Waals surface area contributed by atoms with Gasteiger partial charge in [0.05, 0.1) is 4.91 Å². The molecule has 0 heterocycles. The summed E-state index contributed by atoms with van der Waals surface area (Å²) in [5.74, 6) is 0.611. The topological polar surface area (TPSA) is 54.4 Å². The average molecular weight is 302 g/mol. The maximum absolute atomic E-state index is 11.9. The molecule has 20 heavy (non-hydrogen) atoms. The zero-order valence-electron chi connectivity index (χ0n) is 13.9.